The molecule has 1 N–H and O–H groups in total. The first-order chi connectivity index (χ1) is 11.2. The van der Waals surface area contributed by atoms with E-state index in [4.69, 9.17) is 16.7 Å². The second-order valence-corrected chi connectivity index (χ2v) is 7.74. The Kier molecular flexibility index (Phi) is 5.51. The SMILES string of the molecule is Cc1ccc(S(=O)(=O)N(CCC(=O)O)c2ccc(Cl)c(C)c2)cc1. The van der Waals surface area contributed by atoms with Gasteiger partial charge < -0.3 is 5.11 Å². The molecule has 0 heterocycles. The summed E-state index contributed by atoms with van der Waals surface area (Å²) in [7, 11) is -3.87. The lowest BCUT2D eigenvalue weighted by atomic mass is 10.2. The molecule has 0 fully saturated rings. The van der Waals surface area contributed by atoms with Gasteiger partial charge in [0, 0.05) is 11.6 Å². The monoisotopic (exact) mass is 367 g/mol. The van der Waals surface area contributed by atoms with E-state index in [0.29, 0.717) is 16.3 Å². The predicted octanol–water partition coefficient (Wildman–Crippen LogP) is 3.63. The van der Waals surface area contributed by atoms with Crippen LogP contribution in [0, 0.1) is 13.8 Å². The van der Waals surface area contributed by atoms with E-state index >= 15 is 0 Å². The lowest BCUT2D eigenvalue weighted by Gasteiger charge is -2.24. The van der Waals surface area contributed by atoms with Crippen LogP contribution in [0.3, 0.4) is 0 Å². The van der Waals surface area contributed by atoms with Crippen LogP contribution in [0.25, 0.3) is 0 Å². The summed E-state index contributed by atoms with van der Waals surface area (Å²) in [4.78, 5) is 11.0. The molecule has 2 aromatic rings. The van der Waals surface area contributed by atoms with Gasteiger partial charge in [0.15, 0.2) is 0 Å². The maximum atomic E-state index is 13.0. The zero-order chi connectivity index (χ0) is 17.9. The second-order valence-electron chi connectivity index (χ2n) is 5.47. The van der Waals surface area contributed by atoms with Crippen LogP contribution in [0.4, 0.5) is 5.69 Å². The lowest BCUT2D eigenvalue weighted by molar-refractivity contribution is -0.136. The third kappa shape index (κ3) is 4.07. The normalized spacial score (nSPS) is 11.3. The minimum absolute atomic E-state index is 0.117. The van der Waals surface area contributed by atoms with E-state index in [1.807, 2.05) is 6.92 Å². The number of carboxylic acids is 1. The number of aryl methyl sites for hydroxylation is 2. The Labute approximate surface area is 146 Å². The molecule has 0 atom stereocenters. The van der Waals surface area contributed by atoms with E-state index in [1.54, 1.807) is 37.3 Å². The highest BCUT2D eigenvalue weighted by molar-refractivity contribution is 7.92. The van der Waals surface area contributed by atoms with Crippen molar-refractivity contribution < 1.29 is 18.3 Å². The second kappa shape index (κ2) is 7.23. The first-order valence-corrected chi connectivity index (χ1v) is 9.11. The third-order valence-electron chi connectivity index (χ3n) is 3.57. The Morgan fingerprint density at radius 3 is 2.29 bits per heavy atom. The van der Waals surface area contributed by atoms with Crippen molar-refractivity contribution in [2.45, 2.75) is 25.2 Å². The van der Waals surface area contributed by atoms with E-state index in [0.717, 1.165) is 9.87 Å². The fraction of sp³-hybridized carbons (Fsp3) is 0.235. The number of rotatable bonds is 6. The molecule has 0 saturated heterocycles. The minimum atomic E-state index is -3.87. The Morgan fingerprint density at radius 2 is 1.75 bits per heavy atom. The van der Waals surface area contributed by atoms with Crippen molar-refractivity contribution in [3.63, 3.8) is 0 Å². The van der Waals surface area contributed by atoms with Crippen molar-refractivity contribution in [3.05, 3.63) is 58.6 Å². The molecule has 5 nitrogen and oxygen atoms in total. The lowest BCUT2D eigenvalue weighted by Crippen LogP contribution is -2.33. The number of nitrogens with zero attached hydrogens (tertiary/aromatic N) is 1. The summed E-state index contributed by atoms with van der Waals surface area (Å²) in [6.07, 6.45) is -0.299. The molecule has 0 unspecified atom stereocenters. The van der Waals surface area contributed by atoms with Gasteiger partial charge >= 0.3 is 5.97 Å². The maximum absolute atomic E-state index is 13.0. The Balaban J connectivity index is 2.50. The first-order valence-electron chi connectivity index (χ1n) is 7.29. The van der Waals surface area contributed by atoms with Crippen molar-refractivity contribution in [2.24, 2.45) is 0 Å². The van der Waals surface area contributed by atoms with Crippen molar-refractivity contribution in [3.8, 4) is 0 Å². The van der Waals surface area contributed by atoms with Gasteiger partial charge in [0.25, 0.3) is 10.0 Å². The number of hydrogen-bond donors (Lipinski definition) is 1. The molecule has 0 radical (unpaired) electrons. The number of benzene rings is 2. The summed E-state index contributed by atoms with van der Waals surface area (Å²) in [6, 6.07) is 11.2. The van der Waals surface area contributed by atoms with Gasteiger partial charge in [-0.1, -0.05) is 29.3 Å². The smallest absolute Gasteiger partial charge is 0.305 e. The van der Waals surface area contributed by atoms with Crippen LogP contribution in [-0.2, 0) is 14.8 Å². The highest BCUT2D eigenvalue weighted by atomic mass is 35.5. The molecule has 0 aliphatic rings. The molecule has 2 rings (SSSR count). The molecule has 0 amide bonds. The van der Waals surface area contributed by atoms with Gasteiger partial charge in [0.1, 0.15) is 0 Å². The molecule has 128 valence electrons. The number of anilines is 1. The highest BCUT2D eigenvalue weighted by Gasteiger charge is 2.25. The molecule has 0 aliphatic carbocycles. The van der Waals surface area contributed by atoms with Gasteiger partial charge in [0.05, 0.1) is 17.0 Å². The predicted molar refractivity (Wildman–Crippen MR) is 94.2 cm³/mol. The molecular weight excluding hydrogens is 350 g/mol. The van der Waals surface area contributed by atoms with Crippen LogP contribution >= 0.6 is 11.6 Å². The fourth-order valence-corrected chi connectivity index (χ4v) is 3.78. The molecule has 0 bridgehead atoms. The van der Waals surface area contributed by atoms with Crippen molar-refractivity contribution >= 4 is 33.3 Å². The van der Waals surface area contributed by atoms with E-state index in [1.165, 1.54) is 12.1 Å². The van der Waals surface area contributed by atoms with Gasteiger partial charge in [-0.15, -0.1) is 0 Å². The quantitative estimate of drug-likeness (QED) is 0.846. The average molecular weight is 368 g/mol. The molecule has 0 aromatic heterocycles. The van der Waals surface area contributed by atoms with Crippen LogP contribution in [0.15, 0.2) is 47.4 Å². The third-order valence-corrected chi connectivity index (χ3v) is 5.83. The van der Waals surface area contributed by atoms with Gasteiger partial charge in [0.2, 0.25) is 0 Å². The molecule has 0 saturated carbocycles. The number of sulfonamides is 1. The Bertz CT molecular complexity index is 847. The zero-order valence-electron chi connectivity index (χ0n) is 13.4. The van der Waals surface area contributed by atoms with E-state index in [-0.39, 0.29) is 17.9 Å². The number of hydrogen-bond acceptors (Lipinski definition) is 3. The number of halogens is 1. The maximum Gasteiger partial charge on any atom is 0.305 e. The first kappa shape index (κ1) is 18.3. The van der Waals surface area contributed by atoms with Gasteiger partial charge in [-0.2, -0.15) is 0 Å². The van der Waals surface area contributed by atoms with Crippen LogP contribution in [-0.4, -0.2) is 26.0 Å². The van der Waals surface area contributed by atoms with Crippen LogP contribution < -0.4 is 4.31 Å². The summed E-state index contributed by atoms with van der Waals surface area (Å²) in [5.41, 5.74) is 2.04. The zero-order valence-corrected chi connectivity index (χ0v) is 14.9. The van der Waals surface area contributed by atoms with Crippen molar-refractivity contribution in [2.75, 3.05) is 10.8 Å². The van der Waals surface area contributed by atoms with E-state index < -0.39 is 16.0 Å². The van der Waals surface area contributed by atoms with E-state index in [2.05, 4.69) is 0 Å². The molecular formula is C17H18ClNO4S. The van der Waals surface area contributed by atoms with Gasteiger partial charge in [-0.25, -0.2) is 8.42 Å². The summed E-state index contributed by atoms with van der Waals surface area (Å²) >= 11 is 6.00. The van der Waals surface area contributed by atoms with Gasteiger partial charge in [-0.05, 0) is 49.7 Å². The summed E-state index contributed by atoms with van der Waals surface area (Å²) < 4.78 is 27.0. The standard InChI is InChI=1S/C17H18ClNO4S/c1-12-3-6-15(7-4-12)24(22,23)19(10-9-17(20)21)14-5-8-16(18)13(2)11-14/h3-8,11H,9-10H2,1-2H3,(H,20,21). The largest absolute Gasteiger partial charge is 0.481 e. The fourth-order valence-electron chi connectivity index (χ4n) is 2.21. The number of carboxylic acid groups (broad SMARTS) is 1. The molecule has 7 heteroatoms. The van der Waals surface area contributed by atoms with E-state index in [9.17, 15) is 13.2 Å². The number of aliphatic carboxylic acids is 1. The highest BCUT2D eigenvalue weighted by Crippen LogP contribution is 2.28. The Hall–Kier alpha value is -2.05. The number of carbonyl (C=O) groups is 1. The van der Waals surface area contributed by atoms with Crippen LogP contribution in [0.1, 0.15) is 17.5 Å². The Morgan fingerprint density at radius 1 is 1.12 bits per heavy atom. The van der Waals surface area contributed by atoms with Crippen LogP contribution in [0.5, 0.6) is 0 Å². The van der Waals surface area contributed by atoms with Crippen LogP contribution in [0.2, 0.25) is 5.02 Å². The molecule has 24 heavy (non-hydrogen) atoms. The molecule has 2 aromatic carbocycles. The topological polar surface area (TPSA) is 74.7 Å². The summed E-state index contributed by atoms with van der Waals surface area (Å²) in [5, 5.41) is 9.46. The molecule has 0 spiro atoms. The average Bonchev–Trinajstić information content (AvgIpc) is 2.51. The summed E-state index contributed by atoms with van der Waals surface area (Å²) in [5.74, 6) is -1.07. The minimum Gasteiger partial charge on any atom is -0.481 e. The van der Waals surface area contributed by atoms with Gasteiger partial charge in [-0.3, -0.25) is 9.10 Å². The van der Waals surface area contributed by atoms with Crippen molar-refractivity contribution in [1.82, 2.24) is 0 Å². The molecule has 0 aliphatic heterocycles. The van der Waals surface area contributed by atoms with Crippen molar-refractivity contribution in [1.29, 1.82) is 0 Å². The summed E-state index contributed by atoms with van der Waals surface area (Å²) in [6.45, 7) is 3.47.